The molecule has 1 aromatic carbocycles. The summed E-state index contributed by atoms with van der Waals surface area (Å²) in [6, 6.07) is 4.55. The summed E-state index contributed by atoms with van der Waals surface area (Å²) in [5.74, 6) is -0.114. The number of halogens is 1. The van der Waals surface area contributed by atoms with E-state index in [-0.39, 0.29) is 11.7 Å². The van der Waals surface area contributed by atoms with Crippen LogP contribution < -0.4 is 4.31 Å². The summed E-state index contributed by atoms with van der Waals surface area (Å²) in [5, 5.41) is 0. The third-order valence-electron chi connectivity index (χ3n) is 2.61. The van der Waals surface area contributed by atoms with Gasteiger partial charge in [0.05, 0.1) is 5.69 Å². The molecule has 3 nitrogen and oxygen atoms in total. The van der Waals surface area contributed by atoms with Gasteiger partial charge in [-0.2, -0.15) is 0 Å². The van der Waals surface area contributed by atoms with Crippen molar-refractivity contribution in [2.24, 2.45) is 0 Å². The summed E-state index contributed by atoms with van der Waals surface area (Å²) in [4.78, 5) is 0. The van der Waals surface area contributed by atoms with Gasteiger partial charge in [0, 0.05) is 12.6 Å². The van der Waals surface area contributed by atoms with Crippen LogP contribution in [0.25, 0.3) is 0 Å². The van der Waals surface area contributed by atoms with E-state index >= 15 is 0 Å². The Morgan fingerprint density at radius 1 is 1.40 bits per heavy atom. The summed E-state index contributed by atoms with van der Waals surface area (Å²) in [6.45, 7) is 0. The number of benzene rings is 1. The zero-order valence-electron chi connectivity index (χ0n) is 8.31. The lowest BCUT2D eigenvalue weighted by Crippen LogP contribution is -2.16. The Hall–Kier alpha value is -1.10. The van der Waals surface area contributed by atoms with Crippen LogP contribution in [-0.4, -0.2) is 15.5 Å². The van der Waals surface area contributed by atoms with Crippen molar-refractivity contribution in [2.75, 3.05) is 11.4 Å². The van der Waals surface area contributed by atoms with Crippen molar-refractivity contribution in [2.45, 2.75) is 18.8 Å². The molecular weight excluding hydrogens is 217 g/mol. The Morgan fingerprint density at radius 3 is 2.60 bits per heavy atom. The second kappa shape index (κ2) is 3.81. The van der Waals surface area contributed by atoms with Gasteiger partial charge in [-0.3, -0.25) is 4.31 Å². The molecule has 1 saturated carbocycles. The molecule has 0 heterocycles. The van der Waals surface area contributed by atoms with Gasteiger partial charge in [0.2, 0.25) is 10.9 Å². The van der Waals surface area contributed by atoms with Gasteiger partial charge in [0.1, 0.15) is 5.82 Å². The maximum absolute atomic E-state index is 13.5. The fraction of sp³-hybridized carbons (Fsp3) is 0.400. The third-order valence-corrected chi connectivity index (χ3v) is 3.31. The first-order valence-corrected chi connectivity index (χ1v) is 5.90. The molecule has 0 unspecified atom stereocenters. The van der Waals surface area contributed by atoms with Crippen LogP contribution in [0.1, 0.15) is 24.3 Å². The van der Waals surface area contributed by atoms with Crippen LogP contribution in [-0.2, 0) is 10.9 Å². The van der Waals surface area contributed by atoms with E-state index in [4.69, 9.17) is 0 Å². The molecule has 1 aromatic rings. The van der Waals surface area contributed by atoms with Crippen molar-refractivity contribution in [1.29, 1.82) is 0 Å². The van der Waals surface area contributed by atoms with Crippen molar-refractivity contribution in [3.05, 3.63) is 29.6 Å². The van der Waals surface area contributed by atoms with E-state index in [2.05, 4.69) is 0 Å². The summed E-state index contributed by atoms with van der Waals surface area (Å²) < 4.78 is 36.3. The molecular formula is C10H12FNO2S. The molecule has 0 saturated heterocycles. The van der Waals surface area contributed by atoms with Gasteiger partial charge >= 0.3 is 0 Å². The summed E-state index contributed by atoms with van der Waals surface area (Å²) in [7, 11) is -1.26. The minimum absolute atomic E-state index is 0.193. The van der Waals surface area contributed by atoms with Gasteiger partial charge in [0.15, 0.2) is 0 Å². The molecule has 2 rings (SSSR count). The van der Waals surface area contributed by atoms with Crippen molar-refractivity contribution < 1.29 is 12.8 Å². The normalized spacial score (nSPS) is 15.7. The molecule has 82 valence electrons. The first-order chi connectivity index (χ1) is 7.11. The molecule has 0 aromatic heterocycles. The Labute approximate surface area is 89.6 Å². The zero-order chi connectivity index (χ0) is 11.0. The largest absolute Gasteiger partial charge is 0.275 e. The average Bonchev–Trinajstić information content (AvgIpc) is 2.99. The van der Waals surface area contributed by atoms with Crippen molar-refractivity contribution in [3.8, 4) is 0 Å². The van der Waals surface area contributed by atoms with E-state index in [1.165, 1.54) is 19.2 Å². The number of nitrogens with zero attached hydrogens (tertiary/aromatic N) is 1. The number of anilines is 1. The maximum atomic E-state index is 13.5. The van der Waals surface area contributed by atoms with Crippen LogP contribution in [0.15, 0.2) is 18.2 Å². The Balaban J connectivity index is 2.49. The number of hydrogen-bond donors (Lipinski definition) is 1. The van der Waals surface area contributed by atoms with E-state index in [0.29, 0.717) is 11.3 Å². The average molecular weight is 229 g/mol. The molecule has 0 bridgehead atoms. The first-order valence-electron chi connectivity index (χ1n) is 4.77. The Bertz CT molecular complexity index is 447. The summed E-state index contributed by atoms with van der Waals surface area (Å²) >= 11 is 0. The number of hydrogen-bond acceptors (Lipinski definition) is 2. The Kier molecular flexibility index (Phi) is 2.65. The third kappa shape index (κ3) is 1.97. The van der Waals surface area contributed by atoms with E-state index in [9.17, 15) is 12.8 Å². The second-order valence-electron chi connectivity index (χ2n) is 3.71. The highest BCUT2D eigenvalue weighted by Gasteiger charge is 2.30. The number of thiol groups is 1. The zero-order valence-corrected chi connectivity index (χ0v) is 9.21. The number of rotatable bonds is 3. The predicted molar refractivity (Wildman–Crippen MR) is 57.1 cm³/mol. The van der Waals surface area contributed by atoms with Gasteiger partial charge < -0.3 is 0 Å². The van der Waals surface area contributed by atoms with Gasteiger partial charge in [-0.1, -0.05) is 6.07 Å². The lowest BCUT2D eigenvalue weighted by Gasteiger charge is -2.16. The molecule has 5 heteroatoms. The van der Waals surface area contributed by atoms with Gasteiger partial charge in [-0.05, 0) is 30.9 Å². The molecule has 0 N–H and O–H groups in total. The van der Waals surface area contributed by atoms with Crippen LogP contribution in [0.3, 0.4) is 0 Å². The molecule has 15 heavy (non-hydrogen) atoms. The lowest BCUT2D eigenvalue weighted by molar-refractivity contribution is 0.607. The monoisotopic (exact) mass is 229 g/mol. The highest BCUT2D eigenvalue weighted by atomic mass is 32.2. The lowest BCUT2D eigenvalue weighted by atomic mass is 10.1. The van der Waals surface area contributed by atoms with E-state index < -0.39 is 10.9 Å². The van der Waals surface area contributed by atoms with Crippen molar-refractivity contribution in [1.82, 2.24) is 0 Å². The molecule has 0 spiro atoms. The fourth-order valence-electron chi connectivity index (χ4n) is 1.67. The molecule has 1 aliphatic rings. The van der Waals surface area contributed by atoms with Gasteiger partial charge in [0.25, 0.3) is 0 Å². The summed E-state index contributed by atoms with van der Waals surface area (Å²) in [6.07, 6.45) is 1.88. The smallest absolute Gasteiger partial charge is 0.224 e. The minimum atomic E-state index is -2.70. The van der Waals surface area contributed by atoms with Gasteiger partial charge in [-0.25, -0.2) is 12.8 Å². The molecule has 1 fully saturated rings. The van der Waals surface area contributed by atoms with Crippen LogP contribution in [0.2, 0.25) is 0 Å². The highest BCUT2D eigenvalue weighted by Crippen LogP contribution is 2.45. The van der Waals surface area contributed by atoms with E-state index in [0.717, 1.165) is 17.1 Å². The fourth-order valence-corrected chi connectivity index (χ4v) is 2.02. The topological polar surface area (TPSA) is 37.4 Å². The van der Waals surface area contributed by atoms with Crippen molar-refractivity contribution >= 4 is 16.6 Å². The van der Waals surface area contributed by atoms with Crippen LogP contribution in [0.4, 0.5) is 10.1 Å². The molecule has 1 aliphatic carbocycles. The Morgan fingerprint density at radius 2 is 2.07 bits per heavy atom. The quantitative estimate of drug-likeness (QED) is 0.800. The van der Waals surface area contributed by atoms with Crippen LogP contribution in [0.5, 0.6) is 0 Å². The van der Waals surface area contributed by atoms with E-state index in [1.807, 2.05) is 0 Å². The molecule has 0 radical (unpaired) electrons. The highest BCUT2D eigenvalue weighted by molar-refractivity contribution is 7.74. The van der Waals surface area contributed by atoms with Crippen LogP contribution in [0, 0.1) is 5.82 Å². The van der Waals surface area contributed by atoms with E-state index in [1.54, 1.807) is 6.07 Å². The second-order valence-corrected chi connectivity index (χ2v) is 4.78. The minimum Gasteiger partial charge on any atom is -0.275 e. The first kappa shape index (κ1) is 10.4. The molecule has 0 aliphatic heterocycles. The molecule has 0 amide bonds. The van der Waals surface area contributed by atoms with Crippen LogP contribution >= 0.6 is 0 Å². The summed E-state index contributed by atoms with van der Waals surface area (Å²) in [5.41, 5.74) is 1.01. The predicted octanol–water partition coefficient (Wildman–Crippen LogP) is 1.67. The van der Waals surface area contributed by atoms with Crippen molar-refractivity contribution in [3.63, 3.8) is 0 Å². The van der Waals surface area contributed by atoms with Gasteiger partial charge in [-0.15, -0.1) is 0 Å². The molecule has 0 atom stereocenters. The standard InChI is InChI=1S/C10H12FNO2S/c1-12(15(13)14)9-4-2-3-8(11)10(9)7-5-6-7/h2-4,7,15H,5-6H2,1H3. The maximum Gasteiger partial charge on any atom is 0.224 e. The SMILES string of the molecule is CN(c1cccc(F)c1C1CC1)[SH](=O)=O.